The Morgan fingerprint density at radius 2 is 1.61 bits per heavy atom. The molecule has 0 N–H and O–H groups in total. The number of rotatable bonds is 10. The van der Waals surface area contributed by atoms with Gasteiger partial charge in [-0.1, -0.05) is 52.4 Å². The molecule has 0 aliphatic carbocycles. The summed E-state index contributed by atoms with van der Waals surface area (Å²) in [6, 6.07) is 0. The van der Waals surface area contributed by atoms with E-state index in [9.17, 15) is 0 Å². The highest BCUT2D eigenvalue weighted by molar-refractivity contribution is 8.93. The van der Waals surface area contributed by atoms with Gasteiger partial charge in [-0.2, -0.15) is 10.9 Å². The van der Waals surface area contributed by atoms with Gasteiger partial charge < -0.3 is 0 Å². The van der Waals surface area contributed by atoms with Gasteiger partial charge >= 0.3 is 0 Å². The third kappa shape index (κ3) is 7.63. The minimum absolute atomic E-state index is 0. The molecule has 0 aromatic rings. The molecule has 0 spiro atoms. The first-order valence-corrected chi connectivity index (χ1v) is 8.97. The molecule has 1 aliphatic heterocycles. The fourth-order valence-corrected chi connectivity index (χ4v) is 4.18. The molecular weight excluding hydrogens is 306 g/mol. The Morgan fingerprint density at radius 3 is 2.33 bits per heavy atom. The maximum atomic E-state index is 4.37. The zero-order chi connectivity index (χ0) is 12.3. The SMILES string of the molecule is Br.CCCCCCCC[SH]1C=NC=C1CCCC. The van der Waals surface area contributed by atoms with Gasteiger partial charge in [0.2, 0.25) is 0 Å². The Bertz CT molecular complexity index is 251. The molecular formula is C15H30BrNS. The Kier molecular flexibility index (Phi) is 12.4. The summed E-state index contributed by atoms with van der Waals surface area (Å²) in [4.78, 5) is 6.02. The number of allylic oxidation sites excluding steroid dienone is 1. The summed E-state index contributed by atoms with van der Waals surface area (Å²) < 4.78 is 0. The highest BCUT2D eigenvalue weighted by Crippen LogP contribution is 2.40. The van der Waals surface area contributed by atoms with Crippen molar-refractivity contribution in [2.75, 3.05) is 5.75 Å². The van der Waals surface area contributed by atoms with E-state index in [1.165, 1.54) is 63.5 Å². The fourth-order valence-electron chi connectivity index (χ4n) is 2.18. The molecule has 1 aliphatic rings. The van der Waals surface area contributed by atoms with Crippen molar-refractivity contribution in [3.05, 3.63) is 11.1 Å². The van der Waals surface area contributed by atoms with Crippen LogP contribution in [0, 0.1) is 0 Å². The van der Waals surface area contributed by atoms with E-state index in [1.807, 2.05) is 0 Å². The lowest BCUT2D eigenvalue weighted by Crippen LogP contribution is -1.92. The molecule has 108 valence electrons. The van der Waals surface area contributed by atoms with Gasteiger partial charge in [0, 0.05) is 11.7 Å². The van der Waals surface area contributed by atoms with Crippen LogP contribution in [0.25, 0.3) is 0 Å². The minimum atomic E-state index is 0. The average molecular weight is 336 g/mol. The second kappa shape index (κ2) is 12.3. The van der Waals surface area contributed by atoms with Crippen molar-refractivity contribution in [2.24, 2.45) is 4.99 Å². The Morgan fingerprint density at radius 1 is 0.944 bits per heavy atom. The number of halogens is 1. The van der Waals surface area contributed by atoms with Crippen LogP contribution in [0.4, 0.5) is 0 Å². The van der Waals surface area contributed by atoms with Crippen molar-refractivity contribution in [1.29, 1.82) is 0 Å². The Labute approximate surface area is 127 Å². The number of hydrogen-bond donors (Lipinski definition) is 1. The summed E-state index contributed by atoms with van der Waals surface area (Å²) in [6.45, 7) is 4.55. The standard InChI is InChI=1S/C15H29NS.BrH/c1-3-5-7-8-9-10-12-17-14-16-13-15(17)11-6-4-2;/h13-14,17H,3-12H2,1-2H3;1H. The average Bonchev–Trinajstić information content (AvgIpc) is 2.78. The van der Waals surface area contributed by atoms with E-state index in [4.69, 9.17) is 0 Å². The zero-order valence-corrected chi connectivity index (χ0v) is 14.6. The molecule has 3 heteroatoms. The lowest BCUT2D eigenvalue weighted by atomic mass is 10.1. The van der Waals surface area contributed by atoms with Crippen LogP contribution in [0.5, 0.6) is 0 Å². The zero-order valence-electron chi connectivity index (χ0n) is 12.0. The predicted molar refractivity (Wildman–Crippen MR) is 93.7 cm³/mol. The molecule has 1 atom stereocenters. The lowest BCUT2D eigenvalue weighted by molar-refractivity contribution is 0.627. The molecule has 18 heavy (non-hydrogen) atoms. The molecule has 0 aromatic heterocycles. The first kappa shape index (κ1) is 18.2. The fraction of sp³-hybridized carbons (Fsp3) is 0.800. The largest absolute Gasteiger partial charge is 0.259 e. The van der Waals surface area contributed by atoms with Gasteiger partial charge in [-0.15, -0.1) is 17.0 Å². The van der Waals surface area contributed by atoms with Gasteiger partial charge in [0.1, 0.15) is 0 Å². The summed E-state index contributed by atoms with van der Waals surface area (Å²) >= 11 is 0. The highest BCUT2D eigenvalue weighted by atomic mass is 79.9. The lowest BCUT2D eigenvalue weighted by Gasteiger charge is -2.16. The number of nitrogens with zero attached hydrogens (tertiary/aromatic N) is 1. The molecule has 1 nitrogen and oxygen atoms in total. The van der Waals surface area contributed by atoms with Crippen LogP contribution in [0.1, 0.15) is 71.6 Å². The first-order chi connectivity index (χ1) is 8.38. The normalized spacial score (nSPS) is 19.7. The second-order valence-electron chi connectivity index (χ2n) is 4.95. The van der Waals surface area contributed by atoms with Crippen molar-refractivity contribution >= 4 is 33.4 Å². The van der Waals surface area contributed by atoms with E-state index in [-0.39, 0.29) is 27.9 Å². The number of aliphatic imine (C=N–C) groups is 1. The van der Waals surface area contributed by atoms with E-state index in [0.29, 0.717) is 0 Å². The van der Waals surface area contributed by atoms with Gasteiger partial charge in [-0.25, -0.2) is 0 Å². The number of hydrogen-bond acceptors (Lipinski definition) is 1. The third-order valence-electron chi connectivity index (χ3n) is 3.34. The van der Waals surface area contributed by atoms with Crippen molar-refractivity contribution in [3.63, 3.8) is 0 Å². The van der Waals surface area contributed by atoms with E-state index in [2.05, 4.69) is 30.6 Å². The van der Waals surface area contributed by atoms with E-state index in [1.54, 1.807) is 4.91 Å². The van der Waals surface area contributed by atoms with Crippen LogP contribution in [0.15, 0.2) is 16.1 Å². The quantitative estimate of drug-likeness (QED) is 0.371. The molecule has 0 aromatic carbocycles. The minimum Gasteiger partial charge on any atom is -0.259 e. The molecule has 0 amide bonds. The summed E-state index contributed by atoms with van der Waals surface area (Å²) in [5, 5.41) is 0. The Balaban J connectivity index is 0.00000289. The molecule has 0 saturated heterocycles. The molecule has 1 heterocycles. The van der Waals surface area contributed by atoms with Crippen molar-refractivity contribution in [1.82, 2.24) is 0 Å². The second-order valence-corrected chi connectivity index (χ2v) is 7.14. The van der Waals surface area contributed by atoms with Gasteiger partial charge in [-0.05, 0) is 29.9 Å². The van der Waals surface area contributed by atoms with E-state index >= 15 is 0 Å². The van der Waals surface area contributed by atoms with Gasteiger partial charge in [0.05, 0.1) is 0 Å². The monoisotopic (exact) mass is 335 g/mol. The van der Waals surface area contributed by atoms with Crippen molar-refractivity contribution in [2.45, 2.75) is 71.6 Å². The van der Waals surface area contributed by atoms with Crippen molar-refractivity contribution in [3.8, 4) is 0 Å². The van der Waals surface area contributed by atoms with Gasteiger partial charge in [-0.3, -0.25) is 4.99 Å². The summed E-state index contributed by atoms with van der Waals surface area (Å²) in [5.74, 6) is 1.39. The van der Waals surface area contributed by atoms with Gasteiger partial charge in [0.15, 0.2) is 0 Å². The molecule has 0 radical (unpaired) electrons. The number of thiol groups is 1. The summed E-state index contributed by atoms with van der Waals surface area (Å²) in [6.07, 6.45) is 14.5. The highest BCUT2D eigenvalue weighted by Gasteiger charge is 2.11. The van der Waals surface area contributed by atoms with E-state index < -0.39 is 0 Å². The summed E-state index contributed by atoms with van der Waals surface area (Å²) in [7, 11) is 0.0248. The molecule has 0 saturated carbocycles. The third-order valence-corrected chi connectivity index (χ3v) is 5.62. The predicted octanol–water partition coefficient (Wildman–Crippen LogP) is 6.00. The molecule has 0 fully saturated rings. The van der Waals surface area contributed by atoms with Crippen LogP contribution in [0.3, 0.4) is 0 Å². The van der Waals surface area contributed by atoms with Crippen LogP contribution in [0.2, 0.25) is 0 Å². The maximum absolute atomic E-state index is 4.37. The molecule has 1 rings (SSSR count). The molecule has 1 unspecified atom stereocenters. The Hall–Kier alpha value is 0.240. The smallest absolute Gasteiger partial charge is 0.0438 e. The topological polar surface area (TPSA) is 12.4 Å². The van der Waals surface area contributed by atoms with Crippen LogP contribution < -0.4 is 0 Å². The van der Waals surface area contributed by atoms with E-state index in [0.717, 1.165) is 0 Å². The van der Waals surface area contributed by atoms with Gasteiger partial charge in [0.25, 0.3) is 0 Å². The maximum Gasteiger partial charge on any atom is 0.0438 e. The summed E-state index contributed by atoms with van der Waals surface area (Å²) in [5.41, 5.74) is 2.23. The number of unbranched alkanes of at least 4 members (excludes halogenated alkanes) is 6. The van der Waals surface area contributed by atoms with Crippen LogP contribution in [-0.2, 0) is 0 Å². The van der Waals surface area contributed by atoms with Crippen LogP contribution >= 0.6 is 27.9 Å². The van der Waals surface area contributed by atoms with Crippen LogP contribution in [-0.4, -0.2) is 11.3 Å². The molecule has 0 bridgehead atoms. The van der Waals surface area contributed by atoms with Crippen molar-refractivity contribution < 1.29 is 0 Å². The first-order valence-electron chi connectivity index (χ1n) is 7.37.